The Kier molecular flexibility index (Phi) is 9.37. The van der Waals surface area contributed by atoms with Crippen LogP contribution in [0.25, 0.3) is 10.9 Å². The normalized spacial score (nSPS) is 15.8. The fraction of sp³-hybridized carbons (Fsp3) is 0.387. The SMILES string of the molecule is Cc1cccc(NC(=O)N2Cc3[nH]c4ccccc4c3C[C@@H]2C(=O)N(C)[C@@H](CC(C)C)C(=O)N[C@@H](CC(=O)O)C(N)=O)c1. The van der Waals surface area contributed by atoms with Crippen LogP contribution in [0.4, 0.5) is 10.5 Å². The molecule has 12 heteroatoms. The number of primary amides is 1. The number of carbonyl (C=O) groups is 5. The Balaban J connectivity index is 1.67. The molecular weight excluding hydrogens is 552 g/mol. The average Bonchev–Trinajstić information content (AvgIpc) is 3.31. The Morgan fingerprint density at radius 1 is 1.12 bits per heavy atom. The van der Waals surface area contributed by atoms with Gasteiger partial charge in [0, 0.05) is 35.8 Å². The van der Waals surface area contributed by atoms with E-state index in [9.17, 15) is 24.0 Å². The van der Waals surface area contributed by atoms with E-state index in [0.29, 0.717) is 5.69 Å². The summed E-state index contributed by atoms with van der Waals surface area (Å²) in [5, 5.41) is 15.4. The number of amides is 5. The summed E-state index contributed by atoms with van der Waals surface area (Å²) in [5.41, 5.74) is 9.51. The lowest BCUT2D eigenvalue weighted by Crippen LogP contribution is -2.59. The van der Waals surface area contributed by atoms with E-state index in [-0.39, 0.29) is 25.3 Å². The number of rotatable bonds is 10. The molecule has 43 heavy (non-hydrogen) atoms. The molecule has 12 nitrogen and oxygen atoms in total. The number of aromatic amines is 1. The van der Waals surface area contributed by atoms with Crippen LogP contribution in [-0.2, 0) is 32.1 Å². The predicted octanol–water partition coefficient (Wildman–Crippen LogP) is 2.75. The Hall–Kier alpha value is -4.87. The van der Waals surface area contributed by atoms with Crippen molar-refractivity contribution in [3.05, 3.63) is 65.4 Å². The third-order valence-corrected chi connectivity index (χ3v) is 7.67. The number of carboxylic acids is 1. The van der Waals surface area contributed by atoms with Gasteiger partial charge in [-0.25, -0.2) is 4.79 Å². The lowest BCUT2D eigenvalue weighted by Gasteiger charge is -2.39. The van der Waals surface area contributed by atoms with E-state index >= 15 is 0 Å². The molecule has 2 heterocycles. The second-order valence-corrected chi connectivity index (χ2v) is 11.4. The maximum atomic E-state index is 14.2. The number of aliphatic carboxylic acids is 1. The number of nitrogens with zero attached hydrogens (tertiary/aromatic N) is 2. The molecule has 1 aromatic heterocycles. The van der Waals surface area contributed by atoms with E-state index < -0.39 is 54.3 Å². The van der Waals surface area contributed by atoms with Crippen molar-refractivity contribution in [3.8, 4) is 0 Å². The van der Waals surface area contributed by atoms with Crippen molar-refractivity contribution >= 4 is 46.3 Å². The lowest BCUT2D eigenvalue weighted by molar-refractivity contribution is -0.145. The Morgan fingerprint density at radius 2 is 1.84 bits per heavy atom. The number of fused-ring (bicyclic) bond motifs is 3. The van der Waals surface area contributed by atoms with Gasteiger partial charge in [-0.05, 0) is 48.6 Å². The first-order valence-electron chi connectivity index (χ1n) is 14.2. The number of benzene rings is 2. The van der Waals surface area contributed by atoms with E-state index in [1.807, 2.05) is 63.2 Å². The quantitative estimate of drug-likeness (QED) is 0.242. The van der Waals surface area contributed by atoms with Gasteiger partial charge in [0.15, 0.2) is 0 Å². The third kappa shape index (κ3) is 7.14. The van der Waals surface area contributed by atoms with E-state index in [1.165, 1.54) is 16.8 Å². The van der Waals surface area contributed by atoms with Crippen LogP contribution in [0.2, 0.25) is 0 Å². The number of nitrogens with two attached hydrogens (primary N) is 1. The van der Waals surface area contributed by atoms with Crippen molar-refractivity contribution in [2.45, 2.75) is 64.7 Å². The van der Waals surface area contributed by atoms with Crippen LogP contribution < -0.4 is 16.4 Å². The largest absolute Gasteiger partial charge is 0.481 e. The maximum Gasteiger partial charge on any atom is 0.322 e. The predicted molar refractivity (Wildman–Crippen MR) is 161 cm³/mol. The van der Waals surface area contributed by atoms with Gasteiger partial charge in [0.1, 0.15) is 18.1 Å². The number of likely N-dealkylation sites (N-methyl/N-ethyl adjacent to an activating group) is 1. The van der Waals surface area contributed by atoms with E-state index in [2.05, 4.69) is 15.6 Å². The van der Waals surface area contributed by atoms with Gasteiger partial charge in [-0.3, -0.25) is 19.2 Å². The van der Waals surface area contributed by atoms with Gasteiger partial charge in [0.25, 0.3) is 0 Å². The minimum Gasteiger partial charge on any atom is -0.481 e. The summed E-state index contributed by atoms with van der Waals surface area (Å²) < 4.78 is 0. The monoisotopic (exact) mass is 590 g/mol. The number of carbonyl (C=O) groups excluding carboxylic acids is 4. The second kappa shape index (κ2) is 13.0. The molecule has 0 aliphatic carbocycles. The van der Waals surface area contributed by atoms with Crippen molar-refractivity contribution in [1.82, 2.24) is 20.1 Å². The van der Waals surface area contributed by atoms with Crippen molar-refractivity contribution in [3.63, 3.8) is 0 Å². The zero-order valence-electron chi connectivity index (χ0n) is 24.7. The molecule has 0 saturated carbocycles. The molecule has 4 rings (SSSR count). The number of nitrogens with one attached hydrogen (secondary N) is 3. The molecule has 2 aromatic carbocycles. The number of hydrogen-bond donors (Lipinski definition) is 5. The van der Waals surface area contributed by atoms with Crippen LogP contribution in [0.15, 0.2) is 48.5 Å². The average molecular weight is 591 g/mol. The van der Waals surface area contributed by atoms with Gasteiger partial charge in [0.2, 0.25) is 17.7 Å². The first kappa shape index (κ1) is 31.1. The van der Waals surface area contributed by atoms with Crippen molar-refractivity contribution in [2.75, 3.05) is 12.4 Å². The smallest absolute Gasteiger partial charge is 0.322 e. The molecule has 0 fully saturated rings. The number of urea groups is 1. The minimum atomic E-state index is -1.44. The maximum absolute atomic E-state index is 14.2. The van der Waals surface area contributed by atoms with Gasteiger partial charge in [-0.15, -0.1) is 0 Å². The number of para-hydroxylation sites is 1. The van der Waals surface area contributed by atoms with Gasteiger partial charge in [-0.1, -0.05) is 44.2 Å². The molecule has 0 saturated heterocycles. The molecule has 1 aliphatic rings. The summed E-state index contributed by atoms with van der Waals surface area (Å²) in [5.74, 6) is -3.50. The highest BCUT2D eigenvalue weighted by Crippen LogP contribution is 2.32. The standard InChI is InChI=1S/C31H38N6O6/c1-17(2)12-25(29(41)35-23(28(32)40)15-27(38)39)36(4)30(42)26-14-21-20-10-5-6-11-22(20)34-24(21)16-37(26)31(43)33-19-9-7-8-18(3)13-19/h5-11,13,17,23,25-26,34H,12,14-16H2,1-4H3,(H2,32,40)(H,33,43)(H,35,41)(H,38,39)/t23-,25-,26+/m0/s1. The first-order valence-corrected chi connectivity index (χ1v) is 14.2. The number of H-pyrrole nitrogens is 1. The lowest BCUT2D eigenvalue weighted by atomic mass is 9.94. The van der Waals surface area contributed by atoms with Crippen LogP contribution in [0.3, 0.4) is 0 Å². The van der Waals surface area contributed by atoms with Crippen LogP contribution in [0.1, 0.15) is 43.5 Å². The van der Waals surface area contributed by atoms with Crippen LogP contribution in [0.5, 0.6) is 0 Å². The highest BCUT2D eigenvalue weighted by Gasteiger charge is 2.41. The molecule has 5 amide bonds. The van der Waals surface area contributed by atoms with Crippen molar-refractivity contribution < 1.29 is 29.1 Å². The highest BCUT2D eigenvalue weighted by atomic mass is 16.4. The molecule has 3 aromatic rings. The van der Waals surface area contributed by atoms with Gasteiger partial charge < -0.3 is 36.3 Å². The number of hydrogen-bond acceptors (Lipinski definition) is 5. The zero-order chi connectivity index (χ0) is 31.4. The Morgan fingerprint density at radius 3 is 2.49 bits per heavy atom. The van der Waals surface area contributed by atoms with Gasteiger partial charge in [0.05, 0.1) is 13.0 Å². The molecule has 6 N–H and O–H groups in total. The van der Waals surface area contributed by atoms with Gasteiger partial charge >= 0.3 is 12.0 Å². The number of carboxylic acid groups (broad SMARTS) is 1. The van der Waals surface area contributed by atoms with Gasteiger partial charge in [-0.2, -0.15) is 0 Å². The molecule has 228 valence electrons. The molecule has 0 bridgehead atoms. The molecule has 0 spiro atoms. The Bertz CT molecular complexity index is 1550. The first-order chi connectivity index (χ1) is 20.3. The third-order valence-electron chi connectivity index (χ3n) is 7.67. The van der Waals surface area contributed by atoms with Crippen LogP contribution in [-0.4, -0.2) is 74.8 Å². The number of aromatic nitrogens is 1. The summed E-state index contributed by atoms with van der Waals surface area (Å²) in [6.45, 7) is 5.80. The summed E-state index contributed by atoms with van der Waals surface area (Å²) in [4.78, 5) is 70.6. The molecule has 0 unspecified atom stereocenters. The summed E-state index contributed by atoms with van der Waals surface area (Å²) in [6, 6.07) is 11.1. The fourth-order valence-electron chi connectivity index (χ4n) is 5.50. The second-order valence-electron chi connectivity index (χ2n) is 11.4. The number of aryl methyl sites for hydroxylation is 1. The van der Waals surface area contributed by atoms with Crippen LogP contribution in [0, 0.1) is 12.8 Å². The van der Waals surface area contributed by atoms with E-state index in [1.54, 1.807) is 6.07 Å². The highest BCUT2D eigenvalue weighted by molar-refractivity contribution is 5.98. The van der Waals surface area contributed by atoms with E-state index in [0.717, 1.165) is 27.7 Å². The zero-order valence-corrected chi connectivity index (χ0v) is 24.7. The summed E-state index contributed by atoms with van der Waals surface area (Å²) in [7, 11) is 1.48. The molecule has 0 radical (unpaired) electrons. The topological polar surface area (TPSA) is 178 Å². The molecular formula is C31H38N6O6. The van der Waals surface area contributed by atoms with Crippen molar-refractivity contribution in [2.24, 2.45) is 11.7 Å². The van der Waals surface area contributed by atoms with Crippen molar-refractivity contribution in [1.29, 1.82) is 0 Å². The summed E-state index contributed by atoms with van der Waals surface area (Å²) >= 11 is 0. The number of anilines is 1. The van der Waals surface area contributed by atoms with Crippen LogP contribution >= 0.6 is 0 Å². The Labute approximate surface area is 249 Å². The molecule has 1 aliphatic heterocycles. The fourth-order valence-corrected chi connectivity index (χ4v) is 5.50. The van der Waals surface area contributed by atoms with E-state index in [4.69, 9.17) is 10.8 Å². The molecule has 3 atom stereocenters. The minimum absolute atomic E-state index is 0.0372. The summed E-state index contributed by atoms with van der Waals surface area (Å²) in [6.07, 6.45) is -0.248.